The number of sulfonamides is 1. The minimum Gasteiger partial charge on any atom is -0.358 e. The molecule has 0 amide bonds. The number of carbonyl (C=O) groups excluding carboxylic acids is 1. The predicted molar refractivity (Wildman–Crippen MR) is 109 cm³/mol. The van der Waals surface area contributed by atoms with Gasteiger partial charge in [-0.2, -0.15) is 0 Å². The number of carbonyl (C=O) groups is 1. The summed E-state index contributed by atoms with van der Waals surface area (Å²) in [5, 5.41) is 0. The molecule has 25 heavy (non-hydrogen) atoms. The van der Waals surface area contributed by atoms with E-state index in [9.17, 15) is 13.2 Å². The van der Waals surface area contributed by atoms with Crippen LogP contribution in [0, 0.1) is 0 Å². The van der Waals surface area contributed by atoms with Gasteiger partial charge in [0.2, 0.25) is 10.0 Å². The van der Waals surface area contributed by atoms with Crippen LogP contribution in [0.4, 0.5) is 5.69 Å². The molecule has 1 aromatic carbocycles. The third kappa shape index (κ3) is 4.54. The van der Waals surface area contributed by atoms with Crippen molar-refractivity contribution in [3.8, 4) is 0 Å². The van der Waals surface area contributed by atoms with Gasteiger partial charge in [0.05, 0.1) is 17.7 Å². The number of anilines is 1. The monoisotopic (exact) mass is 400 g/mol. The van der Waals surface area contributed by atoms with Gasteiger partial charge in [0, 0.05) is 24.7 Å². The zero-order valence-corrected chi connectivity index (χ0v) is 17.4. The van der Waals surface area contributed by atoms with Gasteiger partial charge >= 0.3 is 0 Å². The summed E-state index contributed by atoms with van der Waals surface area (Å²) in [5.74, 6) is 0.298. The van der Waals surface area contributed by atoms with Crippen LogP contribution in [0.25, 0.3) is 0 Å². The van der Waals surface area contributed by atoms with Crippen LogP contribution in [-0.2, 0) is 16.4 Å². The van der Waals surface area contributed by atoms with Crippen molar-refractivity contribution in [2.45, 2.75) is 33.2 Å². The number of rotatable bonds is 6. The number of ketones is 1. The first kappa shape index (κ1) is 20.2. The van der Waals surface area contributed by atoms with Crippen LogP contribution in [0.2, 0.25) is 0 Å². The van der Waals surface area contributed by atoms with Gasteiger partial charge in [0.1, 0.15) is 4.32 Å². The summed E-state index contributed by atoms with van der Waals surface area (Å²) in [4.78, 5) is 14.5. The third-order valence-electron chi connectivity index (χ3n) is 4.26. The Labute approximate surface area is 159 Å². The lowest BCUT2D eigenvalue weighted by Crippen LogP contribution is -2.34. The minimum atomic E-state index is -3.31. The molecule has 1 aliphatic rings. The molecule has 5 nitrogen and oxygen atoms in total. The average molecular weight is 401 g/mol. The fraction of sp³-hybridized carbons (Fsp3) is 0.529. The number of benzene rings is 1. The number of Topliss-reactive ketones (excluding diaryl/α,β-unsaturated/α-hetero) is 1. The van der Waals surface area contributed by atoms with E-state index < -0.39 is 10.0 Å². The molecule has 0 unspecified atom stereocenters. The molecular formula is C17H24N2O3S3. The number of nitrogens with zero attached hydrogens (tertiary/aromatic N) is 2. The van der Waals surface area contributed by atoms with Crippen molar-refractivity contribution in [3.05, 3.63) is 29.3 Å². The van der Waals surface area contributed by atoms with Gasteiger partial charge in [-0.25, -0.2) is 8.42 Å². The van der Waals surface area contributed by atoms with Crippen LogP contribution in [-0.4, -0.2) is 54.6 Å². The van der Waals surface area contributed by atoms with Gasteiger partial charge < -0.3 is 4.90 Å². The Morgan fingerprint density at radius 1 is 1.36 bits per heavy atom. The van der Waals surface area contributed by atoms with Gasteiger partial charge in [-0.3, -0.25) is 9.10 Å². The number of thioether (sulfide) groups is 1. The summed E-state index contributed by atoms with van der Waals surface area (Å²) in [6, 6.07) is 5.14. The molecule has 138 valence electrons. The Morgan fingerprint density at radius 3 is 2.56 bits per heavy atom. The van der Waals surface area contributed by atoms with E-state index >= 15 is 0 Å². The van der Waals surface area contributed by atoms with Crippen LogP contribution in [0.5, 0.6) is 0 Å². The van der Waals surface area contributed by atoms with Gasteiger partial charge in [-0.1, -0.05) is 24.0 Å². The first-order valence-corrected chi connectivity index (χ1v) is 11.5. The molecule has 0 radical (unpaired) electrons. The molecule has 0 saturated heterocycles. The topological polar surface area (TPSA) is 57.7 Å². The van der Waals surface area contributed by atoms with E-state index in [0.717, 1.165) is 23.0 Å². The fourth-order valence-corrected chi connectivity index (χ4v) is 5.63. The first-order chi connectivity index (χ1) is 11.7. The average Bonchev–Trinajstić information content (AvgIpc) is 2.88. The lowest BCUT2D eigenvalue weighted by Gasteiger charge is -2.22. The Morgan fingerprint density at radius 2 is 2.00 bits per heavy atom. The second kappa shape index (κ2) is 8.05. The van der Waals surface area contributed by atoms with Gasteiger partial charge in [-0.05, 0) is 51.0 Å². The van der Waals surface area contributed by atoms with Gasteiger partial charge in [-0.15, -0.1) is 0 Å². The molecule has 0 fully saturated rings. The van der Waals surface area contributed by atoms with Crippen LogP contribution in [0.15, 0.2) is 18.2 Å². The van der Waals surface area contributed by atoms with Crippen LogP contribution in [0.1, 0.15) is 36.7 Å². The molecule has 2 rings (SSSR count). The summed E-state index contributed by atoms with van der Waals surface area (Å²) in [6.07, 6.45) is 1.83. The molecule has 0 aromatic heterocycles. The van der Waals surface area contributed by atoms with E-state index in [4.69, 9.17) is 12.2 Å². The number of hydrogen-bond donors (Lipinski definition) is 0. The van der Waals surface area contributed by atoms with E-state index in [2.05, 4.69) is 0 Å². The molecule has 1 heterocycles. The molecule has 0 N–H and O–H groups in total. The van der Waals surface area contributed by atoms with Crippen molar-refractivity contribution in [1.82, 2.24) is 4.90 Å². The number of hydrogen-bond acceptors (Lipinski definition) is 5. The molecule has 1 atom stereocenters. The van der Waals surface area contributed by atoms with E-state index in [-0.39, 0.29) is 11.8 Å². The molecular weight excluding hydrogens is 376 g/mol. The van der Waals surface area contributed by atoms with Crippen LogP contribution < -0.4 is 4.31 Å². The highest BCUT2D eigenvalue weighted by Crippen LogP contribution is 2.34. The van der Waals surface area contributed by atoms with E-state index in [1.54, 1.807) is 12.1 Å². The van der Waals surface area contributed by atoms with Crippen molar-refractivity contribution in [2.24, 2.45) is 0 Å². The molecule has 1 aliphatic heterocycles. The number of thiocarbonyl (C=S) groups is 1. The highest BCUT2D eigenvalue weighted by atomic mass is 32.2. The molecule has 0 aliphatic carbocycles. The minimum absolute atomic E-state index is 0.00719. The van der Waals surface area contributed by atoms with E-state index in [1.807, 2.05) is 31.7 Å². The molecule has 0 bridgehead atoms. The van der Waals surface area contributed by atoms with Crippen LogP contribution in [0.3, 0.4) is 0 Å². The molecule has 1 aromatic rings. The number of fused-ring (bicyclic) bond motifs is 1. The fourth-order valence-electron chi connectivity index (χ4n) is 3.07. The SMILES string of the molecule is CCN(CC)C(=S)SCC(=O)c1ccc2c(c1)C[C@@H](C)N2S(C)(=O)=O. The Balaban J connectivity index is 2.12. The summed E-state index contributed by atoms with van der Waals surface area (Å²) in [5.41, 5.74) is 2.19. The summed E-state index contributed by atoms with van der Waals surface area (Å²) >= 11 is 6.73. The maximum absolute atomic E-state index is 12.5. The molecule has 0 spiro atoms. The Bertz CT molecular complexity index is 773. The van der Waals surface area contributed by atoms with Crippen molar-refractivity contribution in [2.75, 3.05) is 29.4 Å². The highest BCUT2D eigenvalue weighted by molar-refractivity contribution is 8.23. The van der Waals surface area contributed by atoms with Crippen molar-refractivity contribution >= 4 is 49.8 Å². The highest BCUT2D eigenvalue weighted by Gasteiger charge is 2.32. The second-order valence-electron chi connectivity index (χ2n) is 6.11. The predicted octanol–water partition coefficient (Wildman–Crippen LogP) is 2.94. The summed E-state index contributed by atoms with van der Waals surface area (Å²) in [6.45, 7) is 7.60. The second-order valence-corrected chi connectivity index (χ2v) is 9.57. The molecule has 0 saturated carbocycles. The summed E-state index contributed by atoms with van der Waals surface area (Å²) < 4.78 is 26.1. The van der Waals surface area contributed by atoms with Crippen LogP contribution >= 0.6 is 24.0 Å². The largest absolute Gasteiger partial charge is 0.358 e. The van der Waals surface area contributed by atoms with E-state index in [1.165, 1.54) is 22.3 Å². The maximum Gasteiger partial charge on any atom is 0.232 e. The standard InChI is InChI=1S/C17H24N2O3S3/c1-5-18(6-2)17(23)24-11-16(20)13-7-8-15-14(10-13)9-12(3)19(15)25(4,21)22/h7-8,10,12H,5-6,9,11H2,1-4H3/t12-/m1/s1. The Hall–Kier alpha value is -1.12. The lowest BCUT2D eigenvalue weighted by molar-refractivity contribution is 0.102. The zero-order chi connectivity index (χ0) is 18.8. The maximum atomic E-state index is 12.5. The molecule has 8 heteroatoms. The summed E-state index contributed by atoms with van der Waals surface area (Å²) in [7, 11) is -3.31. The normalized spacial score (nSPS) is 16.6. The van der Waals surface area contributed by atoms with Crippen molar-refractivity contribution in [1.29, 1.82) is 0 Å². The van der Waals surface area contributed by atoms with Gasteiger partial charge in [0.15, 0.2) is 5.78 Å². The Kier molecular flexibility index (Phi) is 6.51. The lowest BCUT2D eigenvalue weighted by atomic mass is 10.0. The van der Waals surface area contributed by atoms with E-state index in [0.29, 0.717) is 23.4 Å². The quantitative estimate of drug-likeness (QED) is 0.541. The first-order valence-electron chi connectivity index (χ1n) is 8.26. The van der Waals surface area contributed by atoms with Gasteiger partial charge in [0.25, 0.3) is 0 Å². The van der Waals surface area contributed by atoms with Crippen molar-refractivity contribution in [3.63, 3.8) is 0 Å². The third-order valence-corrected chi connectivity index (χ3v) is 7.05. The van der Waals surface area contributed by atoms with Crippen molar-refractivity contribution < 1.29 is 13.2 Å². The smallest absolute Gasteiger partial charge is 0.232 e. The zero-order valence-electron chi connectivity index (χ0n) is 15.0.